The molecule has 2 aliphatic carbocycles. The van der Waals surface area contributed by atoms with Crippen LogP contribution in [0.15, 0.2) is 29.0 Å². The summed E-state index contributed by atoms with van der Waals surface area (Å²) in [5.74, 6) is -0.622. The second-order valence-electron chi connectivity index (χ2n) is 14.2. The van der Waals surface area contributed by atoms with Gasteiger partial charge in [-0.1, -0.05) is 6.07 Å². The van der Waals surface area contributed by atoms with Gasteiger partial charge in [0.1, 0.15) is 11.5 Å². The number of aliphatic carboxylic acids is 1. The molecule has 6 rings (SSSR count). The second kappa shape index (κ2) is 13.9. The smallest absolute Gasteiger partial charge is 0.415 e. The maximum absolute atomic E-state index is 14.0. The van der Waals surface area contributed by atoms with Gasteiger partial charge in [-0.15, -0.1) is 0 Å². The summed E-state index contributed by atoms with van der Waals surface area (Å²) < 4.78 is 18.7. The van der Waals surface area contributed by atoms with E-state index >= 15 is 0 Å². The number of guanidine groups is 1. The summed E-state index contributed by atoms with van der Waals surface area (Å²) in [5.41, 5.74) is 12.9. The Kier molecular flexibility index (Phi) is 9.79. The Morgan fingerprint density at radius 2 is 2.02 bits per heavy atom. The van der Waals surface area contributed by atoms with Crippen molar-refractivity contribution >= 4 is 29.7 Å². The average molecular weight is 681 g/mol. The minimum Gasteiger partial charge on any atom is -0.493 e. The molecule has 49 heavy (non-hydrogen) atoms. The first-order valence-electron chi connectivity index (χ1n) is 17.3. The molecule has 2 bridgehead atoms. The molecule has 0 saturated carbocycles. The molecule has 3 aliphatic heterocycles. The van der Waals surface area contributed by atoms with Gasteiger partial charge in [-0.25, -0.2) is 4.79 Å². The van der Waals surface area contributed by atoms with E-state index in [1.54, 1.807) is 7.11 Å². The number of carbonyl (C=O) groups is 4. The highest BCUT2D eigenvalue weighted by Crippen LogP contribution is 2.63. The number of carboxylic acids is 1. The first-order valence-corrected chi connectivity index (χ1v) is 17.3. The number of nitrogens with two attached hydrogens (primary N) is 2. The molecule has 2 saturated heterocycles. The van der Waals surface area contributed by atoms with E-state index in [-0.39, 0.29) is 61.3 Å². The Morgan fingerprint density at radius 1 is 1.22 bits per heavy atom. The molecule has 2 unspecified atom stereocenters. The number of nitrogens with one attached hydrogen (secondary N) is 1. The highest BCUT2D eigenvalue weighted by molar-refractivity contribution is 5.85. The molecule has 5 aliphatic rings. The van der Waals surface area contributed by atoms with Crippen molar-refractivity contribution < 1.29 is 38.5 Å². The van der Waals surface area contributed by atoms with Crippen molar-refractivity contribution in [2.45, 2.75) is 81.9 Å². The van der Waals surface area contributed by atoms with E-state index in [0.717, 1.165) is 31.6 Å². The lowest BCUT2D eigenvalue weighted by molar-refractivity contribution is -0.144. The zero-order chi connectivity index (χ0) is 35.0. The summed E-state index contributed by atoms with van der Waals surface area (Å²) in [6.07, 6.45) is 4.73. The maximum Gasteiger partial charge on any atom is 0.415 e. The Hall–Kier alpha value is -4.33. The van der Waals surface area contributed by atoms with Gasteiger partial charge in [0.25, 0.3) is 0 Å². The van der Waals surface area contributed by atoms with Crippen LogP contribution in [0.1, 0.15) is 63.0 Å². The van der Waals surface area contributed by atoms with Crippen molar-refractivity contribution in [1.82, 2.24) is 15.1 Å². The highest BCUT2D eigenvalue weighted by Gasteiger charge is 2.65. The standard InChI is InChI=1S/C35H48N6O8/c1-19(42)15-21(5-4-12-38-33(36)37)31(43)39-18-23-16-22(32(44)45)10-13-41(23)34(46)48-27-9-7-24-25-17-20-6-8-26(47-3)29-28(20)35(24,30(27)49-29)11-14-40(25)2/h6,8-9,21-25,30H,4-5,7,10-18H2,1-3H3,(H,39,43)(H,44,45)(H4,36,37,38)/t21-,22?,23?,24+,25-,30+,35+/m1/s1. The van der Waals surface area contributed by atoms with Crippen LogP contribution in [0.25, 0.3) is 0 Å². The molecular weight excluding hydrogens is 632 g/mol. The van der Waals surface area contributed by atoms with Crippen LogP contribution in [0.3, 0.4) is 0 Å². The van der Waals surface area contributed by atoms with Gasteiger partial charge in [-0.2, -0.15) is 0 Å². The Balaban J connectivity index is 1.19. The molecule has 1 aromatic carbocycles. The van der Waals surface area contributed by atoms with Crippen molar-refractivity contribution in [2.75, 3.05) is 40.3 Å². The summed E-state index contributed by atoms with van der Waals surface area (Å²) in [4.78, 5) is 59.2. The third kappa shape index (κ3) is 6.42. The summed E-state index contributed by atoms with van der Waals surface area (Å²) in [6, 6.07) is 3.79. The Labute approximate surface area is 286 Å². The van der Waals surface area contributed by atoms with E-state index in [2.05, 4.69) is 28.3 Å². The van der Waals surface area contributed by atoms with E-state index in [1.807, 2.05) is 12.1 Å². The molecule has 1 aromatic rings. The van der Waals surface area contributed by atoms with Gasteiger partial charge in [0.2, 0.25) is 5.91 Å². The number of piperidine rings is 2. The summed E-state index contributed by atoms with van der Waals surface area (Å²) in [5, 5.41) is 12.7. The molecular formula is C35H48N6O8. The zero-order valence-corrected chi connectivity index (χ0v) is 28.5. The third-order valence-electron chi connectivity index (χ3n) is 11.4. The number of aliphatic imine (C=N–C) groups is 1. The molecule has 0 radical (unpaired) electrons. The third-order valence-corrected chi connectivity index (χ3v) is 11.4. The molecule has 7 atom stereocenters. The van der Waals surface area contributed by atoms with Gasteiger partial charge in [0, 0.05) is 49.0 Å². The predicted molar refractivity (Wildman–Crippen MR) is 179 cm³/mol. The number of amides is 2. The molecule has 6 N–H and O–H groups in total. The normalized spacial score (nSPS) is 28.7. The number of likely N-dealkylation sites (tertiary alicyclic amines) is 2. The molecule has 0 aromatic heterocycles. The minimum atomic E-state index is -0.949. The number of carboxylic acid groups (broad SMARTS) is 1. The fourth-order valence-electron chi connectivity index (χ4n) is 9.01. The van der Waals surface area contributed by atoms with Gasteiger partial charge >= 0.3 is 12.1 Å². The number of hydrogen-bond donors (Lipinski definition) is 4. The molecule has 1 spiro atoms. The van der Waals surface area contributed by atoms with Crippen LogP contribution < -0.4 is 26.3 Å². The lowest BCUT2D eigenvalue weighted by atomic mass is 9.53. The van der Waals surface area contributed by atoms with E-state index in [0.29, 0.717) is 36.9 Å². The lowest BCUT2D eigenvalue weighted by Gasteiger charge is -2.56. The van der Waals surface area contributed by atoms with Crippen molar-refractivity contribution in [3.05, 3.63) is 35.1 Å². The number of rotatable bonds is 12. The number of allylic oxidation sites excluding steroid dienone is 1. The van der Waals surface area contributed by atoms with Gasteiger partial charge in [-0.05, 0) is 89.1 Å². The number of ketones is 1. The fourth-order valence-corrected chi connectivity index (χ4v) is 9.01. The highest BCUT2D eigenvalue weighted by atomic mass is 16.6. The quantitative estimate of drug-likeness (QED) is 0.143. The van der Waals surface area contributed by atoms with Gasteiger partial charge in [-0.3, -0.25) is 14.6 Å². The summed E-state index contributed by atoms with van der Waals surface area (Å²) >= 11 is 0. The molecule has 266 valence electrons. The van der Waals surface area contributed by atoms with E-state index < -0.39 is 36.0 Å². The number of benzene rings is 1. The van der Waals surface area contributed by atoms with E-state index in [4.69, 9.17) is 25.7 Å². The van der Waals surface area contributed by atoms with Crippen LogP contribution in [-0.2, 0) is 31.0 Å². The Bertz CT molecular complexity index is 1560. The predicted octanol–water partition coefficient (Wildman–Crippen LogP) is 1.92. The number of hydrogen-bond acceptors (Lipinski definition) is 9. The molecule has 3 heterocycles. The molecule has 2 amide bonds. The van der Waals surface area contributed by atoms with Gasteiger partial charge in [0.05, 0.1) is 19.1 Å². The van der Waals surface area contributed by atoms with E-state index in [1.165, 1.54) is 23.0 Å². The maximum atomic E-state index is 14.0. The number of ether oxygens (including phenoxy) is 3. The zero-order valence-electron chi connectivity index (χ0n) is 28.5. The van der Waals surface area contributed by atoms with Crippen LogP contribution in [0.4, 0.5) is 4.79 Å². The Morgan fingerprint density at radius 3 is 2.73 bits per heavy atom. The SMILES string of the molecule is COc1ccc2c3c1O[C@H]1C(OC(=O)N4CCC(C(=O)O)CC4CNC(=O)[C@H](CCCN=C(N)N)CC(C)=O)=CC[C@H]4[C@@H](C2)N(C)CC[C@]314. The number of methoxy groups -OCH3 is 1. The van der Waals surface area contributed by atoms with Gasteiger partial charge < -0.3 is 50.7 Å². The number of Topliss-reactive ketones (excluding diaryl/α,β-unsaturated/α-hetero) is 1. The van der Waals surface area contributed by atoms with E-state index in [9.17, 15) is 24.3 Å². The number of likely N-dealkylation sites (N-methyl/N-ethyl adjacent to an activating group) is 1. The summed E-state index contributed by atoms with van der Waals surface area (Å²) in [6.45, 7) is 2.82. The first kappa shape index (κ1) is 34.5. The van der Waals surface area contributed by atoms with Crippen LogP contribution in [0.5, 0.6) is 11.5 Å². The fraction of sp³-hybridized carbons (Fsp3) is 0.629. The summed E-state index contributed by atoms with van der Waals surface area (Å²) in [7, 11) is 3.80. The molecule has 14 nitrogen and oxygen atoms in total. The molecule has 14 heteroatoms. The van der Waals surface area contributed by atoms with Crippen molar-refractivity contribution in [3.63, 3.8) is 0 Å². The van der Waals surface area contributed by atoms with Crippen molar-refractivity contribution in [2.24, 2.45) is 34.2 Å². The van der Waals surface area contributed by atoms with Crippen LogP contribution in [0.2, 0.25) is 0 Å². The number of nitrogens with zero attached hydrogens (tertiary/aromatic N) is 3. The minimum absolute atomic E-state index is 0.0189. The topological polar surface area (TPSA) is 199 Å². The molecule has 2 fully saturated rings. The van der Waals surface area contributed by atoms with Gasteiger partial charge in [0.15, 0.2) is 23.6 Å². The van der Waals surface area contributed by atoms with Crippen LogP contribution in [0, 0.1) is 17.8 Å². The van der Waals surface area contributed by atoms with Crippen molar-refractivity contribution in [1.29, 1.82) is 0 Å². The van der Waals surface area contributed by atoms with Crippen LogP contribution in [-0.4, -0.2) is 103 Å². The monoisotopic (exact) mass is 680 g/mol. The average Bonchev–Trinajstić information content (AvgIpc) is 3.42. The van der Waals surface area contributed by atoms with Crippen molar-refractivity contribution in [3.8, 4) is 11.5 Å². The number of carbonyl (C=O) groups excluding carboxylic acids is 3. The van der Waals surface area contributed by atoms with Crippen LogP contribution >= 0.6 is 0 Å². The second-order valence-corrected chi connectivity index (χ2v) is 14.2. The first-order chi connectivity index (χ1) is 23.4. The largest absolute Gasteiger partial charge is 0.493 e. The lowest BCUT2D eigenvalue weighted by Crippen LogP contribution is -2.63.